The highest BCUT2D eigenvalue weighted by atomic mass is 16.6. The van der Waals surface area contributed by atoms with E-state index in [2.05, 4.69) is 5.32 Å². The standard InChI is InChI=1S/C21H21NO5/c1-14-4-3-5-15(2)21(14)22-19(23)13-27-20(24)9-7-16-6-8-17-18(12-16)26-11-10-25-17/h3-9,12H,10-11,13H2,1-2H3,(H,22,23)/b9-7+. The number of fused-ring (bicyclic) bond motifs is 1. The summed E-state index contributed by atoms with van der Waals surface area (Å²) in [5, 5.41) is 2.77. The summed E-state index contributed by atoms with van der Waals surface area (Å²) >= 11 is 0. The summed E-state index contributed by atoms with van der Waals surface area (Å²) < 4.78 is 15.9. The molecule has 0 bridgehead atoms. The van der Waals surface area contributed by atoms with E-state index in [1.54, 1.807) is 18.2 Å². The van der Waals surface area contributed by atoms with E-state index in [9.17, 15) is 9.59 Å². The van der Waals surface area contributed by atoms with Gasteiger partial charge in [0.1, 0.15) is 13.2 Å². The van der Waals surface area contributed by atoms with Gasteiger partial charge in [0.05, 0.1) is 0 Å². The number of ether oxygens (including phenoxy) is 3. The number of benzene rings is 2. The maximum Gasteiger partial charge on any atom is 0.331 e. The minimum Gasteiger partial charge on any atom is -0.486 e. The van der Waals surface area contributed by atoms with E-state index in [0.717, 1.165) is 22.4 Å². The number of rotatable bonds is 5. The molecule has 0 aliphatic carbocycles. The van der Waals surface area contributed by atoms with Gasteiger partial charge in [0.25, 0.3) is 5.91 Å². The molecule has 27 heavy (non-hydrogen) atoms. The lowest BCUT2D eigenvalue weighted by atomic mass is 10.1. The Morgan fingerprint density at radius 2 is 1.78 bits per heavy atom. The zero-order valence-corrected chi connectivity index (χ0v) is 15.3. The number of carbonyl (C=O) groups is 2. The van der Waals surface area contributed by atoms with Gasteiger partial charge in [-0.2, -0.15) is 0 Å². The second-order valence-electron chi connectivity index (χ2n) is 6.16. The third-order valence-corrected chi connectivity index (χ3v) is 4.07. The Morgan fingerprint density at radius 3 is 2.52 bits per heavy atom. The van der Waals surface area contributed by atoms with Gasteiger partial charge in [-0.3, -0.25) is 4.79 Å². The molecule has 0 atom stereocenters. The predicted molar refractivity (Wildman–Crippen MR) is 102 cm³/mol. The maximum atomic E-state index is 12.0. The number of hydrogen-bond acceptors (Lipinski definition) is 5. The summed E-state index contributed by atoms with van der Waals surface area (Å²) in [5.41, 5.74) is 3.42. The molecular weight excluding hydrogens is 346 g/mol. The van der Waals surface area contributed by atoms with E-state index in [4.69, 9.17) is 14.2 Å². The highest BCUT2D eigenvalue weighted by Gasteiger charge is 2.11. The van der Waals surface area contributed by atoms with Crippen LogP contribution in [0.3, 0.4) is 0 Å². The number of esters is 1. The number of anilines is 1. The SMILES string of the molecule is Cc1cccc(C)c1NC(=O)COC(=O)/C=C/c1ccc2c(c1)OCCO2. The Balaban J connectivity index is 1.52. The molecule has 1 amide bonds. The average Bonchev–Trinajstić information content (AvgIpc) is 2.67. The molecule has 0 spiro atoms. The zero-order valence-electron chi connectivity index (χ0n) is 15.3. The molecule has 2 aromatic rings. The molecule has 0 saturated heterocycles. The Labute approximate surface area is 157 Å². The molecular formula is C21H21NO5. The fourth-order valence-electron chi connectivity index (χ4n) is 2.70. The predicted octanol–water partition coefficient (Wildman–Crippen LogP) is 3.27. The highest BCUT2D eigenvalue weighted by Crippen LogP contribution is 2.31. The van der Waals surface area contributed by atoms with Crippen LogP contribution in [0.1, 0.15) is 16.7 Å². The molecule has 0 aromatic heterocycles. The number of para-hydroxylation sites is 1. The molecule has 0 saturated carbocycles. The van der Waals surface area contributed by atoms with Crippen molar-refractivity contribution < 1.29 is 23.8 Å². The van der Waals surface area contributed by atoms with Gasteiger partial charge in [-0.15, -0.1) is 0 Å². The summed E-state index contributed by atoms with van der Waals surface area (Å²) in [6.45, 7) is 4.49. The van der Waals surface area contributed by atoms with Crippen LogP contribution in [-0.4, -0.2) is 31.7 Å². The second-order valence-corrected chi connectivity index (χ2v) is 6.16. The summed E-state index contributed by atoms with van der Waals surface area (Å²) in [7, 11) is 0. The van der Waals surface area contributed by atoms with Crippen molar-refractivity contribution in [2.45, 2.75) is 13.8 Å². The summed E-state index contributed by atoms with van der Waals surface area (Å²) in [4.78, 5) is 23.9. The molecule has 1 aliphatic heterocycles. The quantitative estimate of drug-likeness (QED) is 0.649. The normalized spacial score (nSPS) is 12.7. The fourth-order valence-corrected chi connectivity index (χ4v) is 2.70. The molecule has 1 heterocycles. The van der Waals surface area contributed by atoms with E-state index < -0.39 is 5.97 Å². The molecule has 140 valence electrons. The van der Waals surface area contributed by atoms with Gasteiger partial charge in [0, 0.05) is 11.8 Å². The molecule has 6 nitrogen and oxygen atoms in total. The number of nitrogens with one attached hydrogen (secondary N) is 1. The number of carbonyl (C=O) groups excluding carboxylic acids is 2. The Morgan fingerprint density at radius 1 is 1.07 bits per heavy atom. The summed E-state index contributed by atoms with van der Waals surface area (Å²) in [6, 6.07) is 11.1. The Hall–Kier alpha value is -3.28. The average molecular weight is 367 g/mol. The van der Waals surface area contributed by atoms with E-state index in [-0.39, 0.29) is 12.5 Å². The van der Waals surface area contributed by atoms with Crippen LogP contribution in [0, 0.1) is 13.8 Å². The van der Waals surface area contributed by atoms with Gasteiger partial charge < -0.3 is 19.5 Å². The Bertz CT molecular complexity index is 868. The van der Waals surface area contributed by atoms with Crippen molar-refractivity contribution in [1.82, 2.24) is 0 Å². The lowest BCUT2D eigenvalue weighted by Gasteiger charge is -2.18. The molecule has 0 fully saturated rings. The first kappa shape index (κ1) is 18.5. The monoisotopic (exact) mass is 367 g/mol. The van der Waals surface area contributed by atoms with Gasteiger partial charge in [-0.05, 0) is 48.7 Å². The van der Waals surface area contributed by atoms with Crippen LogP contribution in [0.25, 0.3) is 6.08 Å². The van der Waals surface area contributed by atoms with Gasteiger partial charge >= 0.3 is 5.97 Å². The van der Waals surface area contributed by atoms with Crippen molar-refractivity contribution in [2.75, 3.05) is 25.1 Å². The van der Waals surface area contributed by atoms with E-state index in [1.807, 2.05) is 38.1 Å². The first-order valence-corrected chi connectivity index (χ1v) is 8.63. The van der Waals surface area contributed by atoms with Gasteiger partial charge in [-0.1, -0.05) is 24.3 Å². The number of hydrogen-bond donors (Lipinski definition) is 1. The summed E-state index contributed by atoms with van der Waals surface area (Å²) in [6.07, 6.45) is 2.88. The van der Waals surface area contributed by atoms with Gasteiger partial charge in [0.15, 0.2) is 18.1 Å². The third-order valence-electron chi connectivity index (χ3n) is 4.07. The third kappa shape index (κ3) is 4.88. The minimum atomic E-state index is -0.596. The van der Waals surface area contributed by atoms with E-state index in [1.165, 1.54) is 6.08 Å². The largest absolute Gasteiger partial charge is 0.486 e. The lowest BCUT2D eigenvalue weighted by Crippen LogP contribution is -2.21. The molecule has 6 heteroatoms. The van der Waals surface area contributed by atoms with Crippen LogP contribution >= 0.6 is 0 Å². The maximum absolute atomic E-state index is 12.0. The van der Waals surface area contributed by atoms with Gasteiger partial charge in [0.2, 0.25) is 0 Å². The molecule has 2 aromatic carbocycles. The van der Waals surface area contributed by atoms with Crippen LogP contribution in [0.4, 0.5) is 5.69 Å². The molecule has 0 unspecified atom stereocenters. The molecule has 0 radical (unpaired) electrons. The first-order chi connectivity index (χ1) is 13.0. The van der Waals surface area contributed by atoms with Crippen LogP contribution in [-0.2, 0) is 14.3 Å². The van der Waals surface area contributed by atoms with E-state index in [0.29, 0.717) is 24.7 Å². The van der Waals surface area contributed by atoms with Crippen molar-refractivity contribution in [3.63, 3.8) is 0 Å². The van der Waals surface area contributed by atoms with Crippen LogP contribution in [0.5, 0.6) is 11.5 Å². The van der Waals surface area contributed by atoms with Crippen LogP contribution in [0.2, 0.25) is 0 Å². The molecule has 1 aliphatic rings. The Kier molecular flexibility index (Phi) is 5.76. The lowest BCUT2D eigenvalue weighted by molar-refractivity contribution is -0.142. The highest BCUT2D eigenvalue weighted by molar-refractivity contribution is 5.95. The van der Waals surface area contributed by atoms with E-state index >= 15 is 0 Å². The van der Waals surface area contributed by atoms with Crippen molar-refractivity contribution in [3.05, 3.63) is 59.2 Å². The zero-order chi connectivity index (χ0) is 19.2. The van der Waals surface area contributed by atoms with Crippen molar-refractivity contribution >= 4 is 23.6 Å². The smallest absolute Gasteiger partial charge is 0.331 e. The van der Waals surface area contributed by atoms with Crippen molar-refractivity contribution in [1.29, 1.82) is 0 Å². The molecule has 1 N–H and O–H groups in total. The van der Waals surface area contributed by atoms with Crippen molar-refractivity contribution in [3.8, 4) is 11.5 Å². The molecule has 3 rings (SSSR count). The van der Waals surface area contributed by atoms with Crippen LogP contribution in [0.15, 0.2) is 42.5 Å². The van der Waals surface area contributed by atoms with Crippen LogP contribution < -0.4 is 14.8 Å². The van der Waals surface area contributed by atoms with Gasteiger partial charge in [-0.25, -0.2) is 4.79 Å². The number of amides is 1. The van der Waals surface area contributed by atoms with Crippen molar-refractivity contribution in [2.24, 2.45) is 0 Å². The summed E-state index contributed by atoms with van der Waals surface area (Å²) in [5.74, 6) is 0.351. The fraction of sp³-hybridized carbons (Fsp3) is 0.238. The first-order valence-electron chi connectivity index (χ1n) is 8.63. The topological polar surface area (TPSA) is 73.9 Å². The second kappa shape index (κ2) is 8.40. The number of aryl methyl sites for hydroxylation is 2. The minimum absolute atomic E-state index is 0.349.